The molecule has 0 radical (unpaired) electrons. The Balaban J connectivity index is 1.52. The highest BCUT2D eigenvalue weighted by Crippen LogP contribution is 2.29. The Kier molecular flexibility index (Phi) is 5.24. The minimum Gasteiger partial charge on any atom is -0.445 e. The highest BCUT2D eigenvalue weighted by Gasteiger charge is 2.42. The van der Waals surface area contributed by atoms with Gasteiger partial charge in [-0.3, -0.25) is 9.52 Å². The molecule has 0 fully saturated rings. The van der Waals surface area contributed by atoms with Gasteiger partial charge in [-0.25, -0.2) is 13.2 Å². The molecular weight excluding hydrogens is 416 g/mol. The molecule has 1 unspecified atom stereocenters. The van der Waals surface area contributed by atoms with E-state index in [-0.39, 0.29) is 17.0 Å². The van der Waals surface area contributed by atoms with E-state index in [2.05, 4.69) is 10.0 Å². The summed E-state index contributed by atoms with van der Waals surface area (Å²) in [7, 11) is -3.76. The quantitative estimate of drug-likeness (QED) is 0.595. The van der Waals surface area contributed by atoms with Crippen LogP contribution in [0.25, 0.3) is 0 Å². The Morgan fingerprint density at radius 1 is 0.935 bits per heavy atom. The lowest BCUT2D eigenvalue weighted by Gasteiger charge is -2.33. The molecule has 0 saturated heterocycles. The summed E-state index contributed by atoms with van der Waals surface area (Å²) in [6.45, 7) is 1.55. The van der Waals surface area contributed by atoms with Crippen LogP contribution >= 0.6 is 0 Å². The van der Waals surface area contributed by atoms with Crippen molar-refractivity contribution in [3.05, 3.63) is 90.0 Å². The van der Waals surface area contributed by atoms with Crippen molar-refractivity contribution in [1.29, 1.82) is 0 Å². The Morgan fingerprint density at radius 2 is 1.61 bits per heavy atom. The third-order valence-corrected chi connectivity index (χ3v) is 6.39. The average molecular weight is 436 g/mol. The van der Waals surface area contributed by atoms with Crippen LogP contribution in [-0.2, 0) is 26.0 Å². The number of carbonyl (C=O) groups is 2. The monoisotopic (exact) mass is 436 g/mol. The van der Waals surface area contributed by atoms with Crippen LogP contribution in [0, 0.1) is 0 Å². The van der Waals surface area contributed by atoms with E-state index in [0.29, 0.717) is 11.3 Å². The van der Waals surface area contributed by atoms with Crippen molar-refractivity contribution in [3.8, 4) is 0 Å². The Morgan fingerprint density at radius 3 is 2.39 bits per heavy atom. The van der Waals surface area contributed by atoms with E-state index < -0.39 is 27.5 Å². The summed E-state index contributed by atoms with van der Waals surface area (Å²) in [5.74, 6) is -1.05. The number of hydrogen-bond donors (Lipinski definition) is 2. The van der Waals surface area contributed by atoms with Crippen molar-refractivity contribution in [2.45, 2.75) is 23.8 Å². The normalized spacial score (nSPS) is 17.9. The maximum absolute atomic E-state index is 12.9. The molecule has 3 aromatic carbocycles. The van der Waals surface area contributed by atoms with Gasteiger partial charge in [0.1, 0.15) is 0 Å². The molecule has 1 atom stereocenters. The zero-order valence-corrected chi connectivity index (χ0v) is 17.5. The van der Waals surface area contributed by atoms with Crippen LogP contribution in [0.1, 0.15) is 22.8 Å². The number of ether oxygens (including phenoxy) is 1. The molecule has 158 valence electrons. The smallest absolute Gasteiger partial charge is 0.339 e. The van der Waals surface area contributed by atoms with Gasteiger partial charge in [-0.15, -0.1) is 0 Å². The minimum absolute atomic E-state index is 0.129. The number of anilines is 2. The highest BCUT2D eigenvalue weighted by atomic mass is 32.2. The van der Waals surface area contributed by atoms with E-state index in [0.717, 1.165) is 5.56 Å². The lowest BCUT2D eigenvalue weighted by molar-refractivity contribution is -0.134. The first-order valence-corrected chi connectivity index (χ1v) is 11.1. The van der Waals surface area contributed by atoms with Crippen LogP contribution in [0.15, 0.2) is 83.8 Å². The van der Waals surface area contributed by atoms with Gasteiger partial charge in [-0.2, -0.15) is 0 Å². The lowest BCUT2D eigenvalue weighted by atomic mass is 9.89. The summed E-state index contributed by atoms with van der Waals surface area (Å²) in [6.07, 6.45) is 0.237. The topological polar surface area (TPSA) is 102 Å². The van der Waals surface area contributed by atoms with Crippen LogP contribution in [0.4, 0.5) is 11.4 Å². The molecule has 1 amide bonds. The van der Waals surface area contributed by atoms with E-state index in [9.17, 15) is 18.0 Å². The van der Waals surface area contributed by atoms with Gasteiger partial charge in [0.05, 0.1) is 16.1 Å². The fourth-order valence-corrected chi connectivity index (χ4v) is 4.47. The second kappa shape index (κ2) is 7.88. The third-order valence-electron chi connectivity index (χ3n) is 4.99. The molecule has 7 nitrogen and oxygen atoms in total. The standard InChI is InChI=1S/C23H20N2O5S/c1-23(15-16-8-5-6-13-20(16)21(26)30-23)22(27)24-17-9-7-10-18(14-17)25-31(28,29)19-11-3-2-4-12-19/h2-14,25H,15H2,1H3,(H,24,27). The molecule has 8 heteroatoms. The van der Waals surface area contributed by atoms with Crippen molar-refractivity contribution in [1.82, 2.24) is 0 Å². The van der Waals surface area contributed by atoms with Gasteiger partial charge in [0, 0.05) is 12.1 Å². The number of nitrogens with one attached hydrogen (secondary N) is 2. The number of benzene rings is 3. The molecule has 0 aliphatic carbocycles. The molecule has 31 heavy (non-hydrogen) atoms. The number of carbonyl (C=O) groups excluding carboxylic acids is 2. The fourth-order valence-electron chi connectivity index (χ4n) is 3.40. The van der Waals surface area contributed by atoms with Gasteiger partial charge in [0.2, 0.25) is 0 Å². The second-order valence-electron chi connectivity index (χ2n) is 7.41. The van der Waals surface area contributed by atoms with Crippen molar-refractivity contribution >= 4 is 33.3 Å². The number of cyclic esters (lactones) is 1. The molecule has 4 rings (SSSR count). The van der Waals surface area contributed by atoms with Crippen molar-refractivity contribution in [2.75, 3.05) is 10.0 Å². The lowest BCUT2D eigenvalue weighted by Crippen LogP contribution is -2.48. The van der Waals surface area contributed by atoms with Gasteiger partial charge < -0.3 is 10.1 Å². The maximum atomic E-state index is 12.9. The predicted molar refractivity (Wildman–Crippen MR) is 116 cm³/mol. The third kappa shape index (κ3) is 4.29. The van der Waals surface area contributed by atoms with Crippen LogP contribution < -0.4 is 10.0 Å². The molecule has 1 heterocycles. The highest BCUT2D eigenvalue weighted by molar-refractivity contribution is 7.92. The van der Waals surface area contributed by atoms with Gasteiger partial charge in [0.15, 0.2) is 5.60 Å². The number of esters is 1. The average Bonchev–Trinajstić information content (AvgIpc) is 2.74. The first-order chi connectivity index (χ1) is 14.8. The molecule has 2 N–H and O–H groups in total. The van der Waals surface area contributed by atoms with Crippen molar-refractivity contribution in [2.24, 2.45) is 0 Å². The van der Waals surface area contributed by atoms with Gasteiger partial charge in [0.25, 0.3) is 15.9 Å². The number of sulfonamides is 1. The van der Waals surface area contributed by atoms with E-state index >= 15 is 0 Å². The van der Waals surface area contributed by atoms with Crippen LogP contribution in [0.3, 0.4) is 0 Å². The Bertz CT molecular complexity index is 1260. The second-order valence-corrected chi connectivity index (χ2v) is 9.09. The van der Waals surface area contributed by atoms with E-state index in [1.807, 2.05) is 0 Å². The van der Waals surface area contributed by atoms with E-state index in [1.165, 1.54) is 18.2 Å². The zero-order chi connectivity index (χ0) is 22.1. The van der Waals surface area contributed by atoms with Crippen LogP contribution in [0.5, 0.6) is 0 Å². The summed E-state index contributed by atoms with van der Waals surface area (Å²) >= 11 is 0. The van der Waals surface area contributed by atoms with Gasteiger partial charge >= 0.3 is 5.97 Å². The van der Waals surface area contributed by atoms with Crippen LogP contribution in [-0.4, -0.2) is 25.9 Å². The fraction of sp³-hybridized carbons (Fsp3) is 0.130. The molecule has 1 aliphatic heterocycles. The molecule has 1 aliphatic rings. The zero-order valence-electron chi connectivity index (χ0n) is 16.7. The number of hydrogen-bond acceptors (Lipinski definition) is 5. The summed E-state index contributed by atoms with van der Waals surface area (Å²) in [5, 5.41) is 2.72. The number of amides is 1. The molecular formula is C23H20N2O5S. The van der Waals surface area contributed by atoms with Crippen molar-refractivity contribution < 1.29 is 22.7 Å². The van der Waals surface area contributed by atoms with Crippen LogP contribution in [0.2, 0.25) is 0 Å². The minimum atomic E-state index is -3.76. The van der Waals surface area contributed by atoms with Gasteiger partial charge in [-0.1, -0.05) is 42.5 Å². The molecule has 0 bridgehead atoms. The SMILES string of the molecule is CC1(C(=O)Nc2cccc(NS(=O)(=O)c3ccccc3)c2)Cc2ccccc2C(=O)O1. The van der Waals surface area contributed by atoms with E-state index in [1.54, 1.807) is 67.6 Å². The van der Waals surface area contributed by atoms with Gasteiger partial charge in [-0.05, 0) is 48.9 Å². The number of rotatable bonds is 5. The Hall–Kier alpha value is -3.65. The summed E-state index contributed by atoms with van der Waals surface area (Å²) in [6, 6.07) is 21.3. The largest absolute Gasteiger partial charge is 0.445 e. The molecule has 3 aromatic rings. The maximum Gasteiger partial charge on any atom is 0.339 e. The summed E-state index contributed by atoms with van der Waals surface area (Å²) in [4.78, 5) is 25.4. The summed E-state index contributed by atoms with van der Waals surface area (Å²) < 4.78 is 33.0. The first-order valence-electron chi connectivity index (χ1n) is 9.57. The summed E-state index contributed by atoms with van der Waals surface area (Å²) in [5.41, 5.74) is 0.461. The molecule has 0 spiro atoms. The molecule has 0 saturated carbocycles. The predicted octanol–water partition coefficient (Wildman–Crippen LogP) is 3.60. The first kappa shape index (κ1) is 20.6. The number of fused-ring (bicyclic) bond motifs is 1. The van der Waals surface area contributed by atoms with E-state index in [4.69, 9.17) is 4.74 Å². The Labute approximate surface area is 180 Å². The van der Waals surface area contributed by atoms with Crippen molar-refractivity contribution in [3.63, 3.8) is 0 Å². The molecule has 0 aromatic heterocycles.